The molecule has 1 heterocycles. The van der Waals surface area contributed by atoms with Crippen molar-refractivity contribution < 1.29 is 4.79 Å². The third-order valence-electron chi connectivity index (χ3n) is 3.71. The van der Waals surface area contributed by atoms with E-state index < -0.39 is 0 Å². The molecule has 0 bridgehead atoms. The highest BCUT2D eigenvalue weighted by atomic mass is 16.1. The third kappa shape index (κ3) is 3.73. The molecule has 4 nitrogen and oxygen atoms in total. The molecule has 0 radical (unpaired) electrons. The predicted molar refractivity (Wildman–Crippen MR) is 85.3 cm³/mol. The van der Waals surface area contributed by atoms with E-state index in [1.54, 1.807) is 12.3 Å². The molecule has 1 aromatic heterocycles. The van der Waals surface area contributed by atoms with Crippen molar-refractivity contribution in [3.05, 3.63) is 58.9 Å². The lowest BCUT2D eigenvalue weighted by molar-refractivity contribution is 0.0951. The Hall–Kier alpha value is -2.07. The molecule has 0 spiro atoms. The van der Waals surface area contributed by atoms with E-state index in [1.807, 2.05) is 19.1 Å². The van der Waals surface area contributed by atoms with Crippen molar-refractivity contribution in [2.24, 2.45) is 5.73 Å². The topological polar surface area (TPSA) is 70.9 Å². The number of benzene rings is 1. The fraction of sp³-hybridized carbons (Fsp3) is 0.353. The van der Waals surface area contributed by atoms with E-state index in [2.05, 4.69) is 36.3 Å². The minimum absolute atomic E-state index is 0.0944. The molecular formula is C17H23N3O. The van der Waals surface area contributed by atoms with Gasteiger partial charge in [0, 0.05) is 24.5 Å². The Labute approximate surface area is 125 Å². The van der Waals surface area contributed by atoms with Gasteiger partial charge in [0.15, 0.2) is 0 Å². The first-order chi connectivity index (χ1) is 9.99. The van der Waals surface area contributed by atoms with Crippen LogP contribution < -0.4 is 11.1 Å². The zero-order chi connectivity index (χ0) is 15.4. The molecule has 0 aliphatic carbocycles. The first-order valence-electron chi connectivity index (χ1n) is 7.26. The van der Waals surface area contributed by atoms with E-state index in [-0.39, 0.29) is 11.9 Å². The zero-order valence-corrected chi connectivity index (χ0v) is 12.8. The maximum absolute atomic E-state index is 12.0. The van der Waals surface area contributed by atoms with E-state index in [0.717, 1.165) is 11.3 Å². The van der Waals surface area contributed by atoms with Crippen molar-refractivity contribution in [2.45, 2.75) is 32.7 Å². The summed E-state index contributed by atoms with van der Waals surface area (Å²) in [5, 5.41) is 2.88. The fourth-order valence-electron chi connectivity index (χ4n) is 2.24. The van der Waals surface area contributed by atoms with Crippen LogP contribution in [0.15, 0.2) is 36.5 Å². The van der Waals surface area contributed by atoms with E-state index in [9.17, 15) is 4.79 Å². The number of H-pyrrole nitrogens is 1. The van der Waals surface area contributed by atoms with Gasteiger partial charge in [0.05, 0.1) is 5.56 Å². The summed E-state index contributed by atoms with van der Waals surface area (Å²) in [7, 11) is 0. The Bertz CT molecular complexity index is 599. The highest BCUT2D eigenvalue weighted by Gasteiger charge is 2.12. The first kappa shape index (κ1) is 15.3. The maximum Gasteiger partial charge on any atom is 0.253 e. The Balaban J connectivity index is 1.94. The van der Waals surface area contributed by atoms with Crippen molar-refractivity contribution in [3.8, 4) is 0 Å². The van der Waals surface area contributed by atoms with E-state index >= 15 is 0 Å². The molecule has 1 atom stereocenters. The summed E-state index contributed by atoms with van der Waals surface area (Å²) in [6.45, 7) is 6.62. The quantitative estimate of drug-likeness (QED) is 0.790. The first-order valence-corrected chi connectivity index (χ1v) is 7.26. The Morgan fingerprint density at radius 3 is 2.33 bits per heavy atom. The van der Waals surface area contributed by atoms with Crippen LogP contribution >= 0.6 is 0 Å². The molecule has 0 aliphatic rings. The Kier molecular flexibility index (Phi) is 4.81. The molecule has 0 saturated heterocycles. The second-order valence-electron chi connectivity index (χ2n) is 5.65. The average molecular weight is 285 g/mol. The minimum atomic E-state index is -0.200. The number of aromatic nitrogens is 1. The highest BCUT2D eigenvalue weighted by Crippen LogP contribution is 2.17. The molecule has 0 fully saturated rings. The number of aromatic amines is 1. The van der Waals surface area contributed by atoms with Crippen LogP contribution in [0.5, 0.6) is 0 Å². The average Bonchev–Trinajstić information content (AvgIpc) is 2.90. The number of carbonyl (C=O) groups is 1. The van der Waals surface area contributed by atoms with Gasteiger partial charge in [-0.25, -0.2) is 0 Å². The van der Waals surface area contributed by atoms with Gasteiger partial charge in [0.2, 0.25) is 0 Å². The maximum atomic E-state index is 12.0. The number of nitrogens with two attached hydrogens (primary N) is 1. The molecule has 0 aliphatic heterocycles. The number of rotatable bonds is 5. The molecule has 1 amide bonds. The summed E-state index contributed by atoms with van der Waals surface area (Å²) in [6.07, 6.45) is 1.76. The minimum Gasteiger partial charge on any atom is -0.365 e. The van der Waals surface area contributed by atoms with Gasteiger partial charge in [-0.2, -0.15) is 0 Å². The summed E-state index contributed by atoms with van der Waals surface area (Å²) >= 11 is 0. The smallest absolute Gasteiger partial charge is 0.253 e. The van der Waals surface area contributed by atoms with Gasteiger partial charge in [0.25, 0.3) is 5.91 Å². The van der Waals surface area contributed by atoms with Crippen LogP contribution in [-0.4, -0.2) is 17.4 Å². The van der Waals surface area contributed by atoms with Crippen molar-refractivity contribution in [1.29, 1.82) is 0 Å². The van der Waals surface area contributed by atoms with Gasteiger partial charge >= 0.3 is 0 Å². The summed E-state index contributed by atoms with van der Waals surface area (Å²) in [5.74, 6) is 0.412. The van der Waals surface area contributed by atoms with E-state index in [0.29, 0.717) is 18.0 Å². The molecular weight excluding hydrogens is 262 g/mol. The molecule has 4 heteroatoms. The molecule has 21 heavy (non-hydrogen) atoms. The van der Waals surface area contributed by atoms with Gasteiger partial charge in [-0.05, 0) is 30.0 Å². The largest absolute Gasteiger partial charge is 0.365 e. The van der Waals surface area contributed by atoms with Gasteiger partial charge in [-0.1, -0.05) is 38.1 Å². The summed E-state index contributed by atoms with van der Waals surface area (Å²) in [6, 6.07) is 9.83. The number of carbonyl (C=O) groups excluding carboxylic acids is 1. The SMILES string of the molecule is Cc1[nH]ccc1C(=O)NCC(N)c1ccc(C(C)C)cc1. The molecule has 112 valence electrons. The number of amides is 1. The van der Waals surface area contributed by atoms with Crippen LogP contribution in [0.3, 0.4) is 0 Å². The monoisotopic (exact) mass is 285 g/mol. The summed E-state index contributed by atoms with van der Waals surface area (Å²) in [4.78, 5) is 15.0. The van der Waals surface area contributed by atoms with Crippen LogP contribution in [0.1, 0.15) is 53.0 Å². The lowest BCUT2D eigenvalue weighted by Gasteiger charge is -2.14. The Morgan fingerprint density at radius 2 is 1.81 bits per heavy atom. The highest BCUT2D eigenvalue weighted by molar-refractivity contribution is 5.95. The van der Waals surface area contributed by atoms with Crippen molar-refractivity contribution in [1.82, 2.24) is 10.3 Å². The van der Waals surface area contributed by atoms with Gasteiger partial charge < -0.3 is 16.0 Å². The van der Waals surface area contributed by atoms with Gasteiger partial charge in [-0.15, -0.1) is 0 Å². The third-order valence-corrected chi connectivity index (χ3v) is 3.71. The van der Waals surface area contributed by atoms with Gasteiger partial charge in [-0.3, -0.25) is 4.79 Å². The number of nitrogens with one attached hydrogen (secondary N) is 2. The molecule has 4 N–H and O–H groups in total. The summed E-state index contributed by atoms with van der Waals surface area (Å²) < 4.78 is 0. The second-order valence-corrected chi connectivity index (χ2v) is 5.65. The number of hydrogen-bond donors (Lipinski definition) is 3. The fourth-order valence-corrected chi connectivity index (χ4v) is 2.24. The number of hydrogen-bond acceptors (Lipinski definition) is 2. The Morgan fingerprint density at radius 1 is 1.19 bits per heavy atom. The van der Waals surface area contributed by atoms with Crippen LogP contribution in [0, 0.1) is 6.92 Å². The van der Waals surface area contributed by atoms with Crippen molar-refractivity contribution >= 4 is 5.91 Å². The van der Waals surface area contributed by atoms with E-state index in [1.165, 1.54) is 5.56 Å². The second kappa shape index (κ2) is 6.59. The van der Waals surface area contributed by atoms with Gasteiger partial charge in [0.1, 0.15) is 0 Å². The standard InChI is InChI=1S/C17H23N3O/c1-11(2)13-4-6-14(7-5-13)16(18)10-20-17(21)15-8-9-19-12(15)3/h4-9,11,16,19H,10,18H2,1-3H3,(H,20,21). The normalized spacial score (nSPS) is 12.4. The predicted octanol–water partition coefficient (Wildman–Crippen LogP) is 2.88. The lowest BCUT2D eigenvalue weighted by atomic mass is 9.99. The number of aryl methyl sites for hydroxylation is 1. The molecule has 1 aromatic carbocycles. The van der Waals surface area contributed by atoms with Crippen molar-refractivity contribution in [3.63, 3.8) is 0 Å². The van der Waals surface area contributed by atoms with Crippen LogP contribution in [0.4, 0.5) is 0 Å². The van der Waals surface area contributed by atoms with Crippen LogP contribution in [-0.2, 0) is 0 Å². The zero-order valence-electron chi connectivity index (χ0n) is 12.8. The van der Waals surface area contributed by atoms with Crippen LogP contribution in [0.2, 0.25) is 0 Å². The molecule has 2 aromatic rings. The lowest BCUT2D eigenvalue weighted by Crippen LogP contribution is -2.32. The van der Waals surface area contributed by atoms with Crippen molar-refractivity contribution in [2.75, 3.05) is 6.54 Å². The molecule has 2 rings (SSSR count). The molecule has 1 unspecified atom stereocenters. The molecule has 0 saturated carbocycles. The van der Waals surface area contributed by atoms with Crippen LogP contribution in [0.25, 0.3) is 0 Å². The van der Waals surface area contributed by atoms with E-state index in [4.69, 9.17) is 5.73 Å². The summed E-state index contributed by atoms with van der Waals surface area (Å²) in [5.41, 5.74) is 9.99.